The number of hydrogen-bond acceptors (Lipinski definition) is 3. The smallest absolute Gasteiger partial charge is 0.303 e. The number of aromatic nitrogens is 1. The van der Waals surface area contributed by atoms with Crippen molar-refractivity contribution in [3.63, 3.8) is 0 Å². The highest BCUT2D eigenvalue weighted by atomic mass is 16.5. The molecule has 29 heavy (non-hydrogen) atoms. The Morgan fingerprint density at radius 1 is 1.24 bits per heavy atom. The second kappa shape index (κ2) is 6.82. The maximum absolute atomic E-state index is 11.5. The van der Waals surface area contributed by atoms with Crippen molar-refractivity contribution < 1.29 is 20.5 Å². The molecule has 7 atom stereocenters. The first-order valence-electron chi connectivity index (χ1n) is 14.7. The predicted molar refractivity (Wildman–Crippen MR) is 115 cm³/mol. The van der Waals surface area contributed by atoms with Gasteiger partial charge in [-0.25, -0.2) is 0 Å². The Morgan fingerprint density at radius 2 is 2.07 bits per heavy atom. The molecule has 0 N–H and O–H groups in total. The molecule has 4 unspecified atom stereocenters. The lowest BCUT2D eigenvalue weighted by atomic mass is 9.46. The monoisotopic (exact) mass is 399 g/mol. The summed E-state index contributed by atoms with van der Waals surface area (Å²) >= 11 is 0. The molecule has 3 heteroatoms. The Kier molecular flexibility index (Phi) is 2.84. The lowest BCUT2D eigenvalue weighted by molar-refractivity contribution is -0.145. The Balaban J connectivity index is 1.60. The zero-order chi connectivity index (χ0) is 27.2. The van der Waals surface area contributed by atoms with Gasteiger partial charge in [0.05, 0.1) is 6.85 Å². The summed E-state index contributed by atoms with van der Waals surface area (Å²) in [5.41, 5.74) is 0.0210. The van der Waals surface area contributed by atoms with Gasteiger partial charge >= 0.3 is 5.97 Å². The van der Waals surface area contributed by atoms with E-state index < -0.39 is 36.3 Å². The highest BCUT2D eigenvalue weighted by Gasteiger charge is 2.57. The lowest BCUT2D eigenvalue weighted by Crippen LogP contribution is -2.50. The second-order valence-corrected chi connectivity index (χ2v) is 9.47. The molecule has 0 aliphatic heterocycles. The summed E-state index contributed by atoms with van der Waals surface area (Å²) in [5.74, 6) is -1.07. The Morgan fingerprint density at radius 3 is 2.90 bits per heavy atom. The first kappa shape index (κ1) is 12.1. The van der Waals surface area contributed by atoms with Crippen molar-refractivity contribution in [3.05, 3.63) is 47.7 Å². The van der Waals surface area contributed by atoms with Crippen LogP contribution in [0, 0.1) is 28.6 Å². The van der Waals surface area contributed by atoms with Crippen molar-refractivity contribution in [2.45, 2.75) is 71.7 Å². The SMILES string of the molecule is [2H]C1=C(c2c([2H])nc([2H])c([2H])c2[2H])[C@@]2(C)CCC3C(CC([2H])C4=C[C@@H](OC(C)=O)CC[C@@]43C)C2C1([2H])[2H]. The van der Waals surface area contributed by atoms with Gasteiger partial charge < -0.3 is 4.74 Å². The maximum Gasteiger partial charge on any atom is 0.303 e. The normalized spacial score (nSPS) is 49.3. The molecule has 2 saturated carbocycles. The lowest BCUT2D eigenvalue weighted by Gasteiger charge is -2.58. The number of rotatable bonds is 2. The third-order valence-corrected chi connectivity index (χ3v) is 7.97. The van der Waals surface area contributed by atoms with Gasteiger partial charge in [-0.1, -0.05) is 31.5 Å². The van der Waals surface area contributed by atoms with Crippen molar-refractivity contribution >= 4 is 11.5 Å². The number of fused-ring (bicyclic) bond motifs is 5. The van der Waals surface area contributed by atoms with Crippen LogP contribution in [0.25, 0.3) is 5.57 Å². The molecule has 0 amide bonds. The molecule has 0 saturated heterocycles. The van der Waals surface area contributed by atoms with Gasteiger partial charge in [-0.15, -0.1) is 0 Å². The van der Waals surface area contributed by atoms with Crippen molar-refractivity contribution in [2.24, 2.45) is 28.6 Å². The Labute approximate surface area is 185 Å². The topological polar surface area (TPSA) is 39.2 Å². The molecular formula is C26H33NO2. The minimum Gasteiger partial charge on any atom is -0.458 e. The summed E-state index contributed by atoms with van der Waals surface area (Å²) in [7, 11) is 0. The molecule has 0 radical (unpaired) electrons. The Hall–Kier alpha value is -1.90. The van der Waals surface area contributed by atoms with Gasteiger partial charge in [-0.2, -0.15) is 0 Å². The van der Waals surface area contributed by atoms with Crippen LogP contribution in [0.2, 0.25) is 0 Å². The van der Waals surface area contributed by atoms with E-state index in [1.165, 1.54) is 6.92 Å². The van der Waals surface area contributed by atoms with Gasteiger partial charge in [0.25, 0.3) is 0 Å². The van der Waals surface area contributed by atoms with E-state index in [4.69, 9.17) is 15.7 Å². The summed E-state index contributed by atoms with van der Waals surface area (Å²) in [6.07, 6.45) is 1.23. The first-order valence-corrected chi connectivity index (χ1v) is 10.6. The summed E-state index contributed by atoms with van der Waals surface area (Å²) in [6.45, 7) is 5.44. The fraction of sp³-hybridized carbons (Fsp3) is 0.615. The first-order chi connectivity index (χ1) is 17.1. The number of carbonyl (C=O) groups is 1. The van der Waals surface area contributed by atoms with Crippen LogP contribution in [0.1, 0.15) is 82.2 Å². The molecule has 1 aromatic heterocycles. The van der Waals surface area contributed by atoms with E-state index in [9.17, 15) is 4.79 Å². The van der Waals surface area contributed by atoms with Crippen LogP contribution in [0.15, 0.2) is 42.1 Å². The molecule has 0 bridgehead atoms. The average Bonchev–Trinajstić information content (AvgIpc) is 2.95. The van der Waals surface area contributed by atoms with E-state index in [-0.39, 0.29) is 58.7 Å². The maximum atomic E-state index is 11.5. The van der Waals surface area contributed by atoms with Crippen LogP contribution in [-0.4, -0.2) is 17.1 Å². The number of allylic oxidation sites excluding steroid dienone is 3. The second-order valence-electron chi connectivity index (χ2n) is 9.47. The average molecular weight is 400 g/mol. The number of pyridine rings is 1. The van der Waals surface area contributed by atoms with Gasteiger partial charge in [0.1, 0.15) is 6.10 Å². The molecule has 0 aromatic carbocycles. The highest BCUT2D eigenvalue weighted by Crippen LogP contribution is 2.66. The largest absolute Gasteiger partial charge is 0.458 e. The van der Waals surface area contributed by atoms with Gasteiger partial charge in [-0.3, -0.25) is 9.78 Å². The number of nitrogens with zero attached hydrogens (tertiary/aromatic N) is 1. The van der Waals surface area contributed by atoms with Gasteiger partial charge in [0, 0.05) is 23.4 Å². The van der Waals surface area contributed by atoms with Crippen LogP contribution >= 0.6 is 0 Å². The van der Waals surface area contributed by atoms with E-state index in [1.807, 2.05) is 13.0 Å². The van der Waals surface area contributed by atoms with E-state index in [2.05, 4.69) is 11.9 Å². The minimum atomic E-state index is -2.04. The minimum absolute atomic E-state index is 0.00903. The number of hydrogen-bond donors (Lipinski definition) is 0. The van der Waals surface area contributed by atoms with Crippen molar-refractivity contribution in [1.29, 1.82) is 0 Å². The van der Waals surface area contributed by atoms with E-state index in [0.717, 1.165) is 18.4 Å². The third kappa shape index (κ3) is 2.92. The molecule has 154 valence electrons. The van der Waals surface area contributed by atoms with E-state index in [1.54, 1.807) is 0 Å². The van der Waals surface area contributed by atoms with Crippen molar-refractivity contribution in [1.82, 2.24) is 4.98 Å². The van der Waals surface area contributed by atoms with Crippen LogP contribution < -0.4 is 0 Å². The zero-order valence-electron chi connectivity index (χ0n) is 25.3. The predicted octanol–water partition coefficient (Wildman–Crippen LogP) is 5.97. The van der Waals surface area contributed by atoms with Crippen molar-refractivity contribution in [3.8, 4) is 0 Å². The van der Waals surface area contributed by atoms with Gasteiger partial charge in [0.2, 0.25) is 0 Å². The fourth-order valence-electron chi connectivity index (χ4n) is 6.49. The molecule has 1 aromatic rings. The fourth-order valence-corrected chi connectivity index (χ4v) is 6.49. The summed E-state index contributed by atoms with van der Waals surface area (Å²) in [4.78, 5) is 15.4. The van der Waals surface area contributed by atoms with Crippen molar-refractivity contribution in [2.75, 3.05) is 0 Å². The van der Waals surface area contributed by atoms with E-state index in [0.29, 0.717) is 19.3 Å². The summed E-state index contributed by atoms with van der Waals surface area (Å²) < 4.78 is 74.5. The van der Waals surface area contributed by atoms with Gasteiger partial charge in [-0.05, 0) is 96.7 Å². The highest BCUT2D eigenvalue weighted by molar-refractivity contribution is 5.72. The van der Waals surface area contributed by atoms with Crippen LogP contribution in [0.5, 0.6) is 0 Å². The standard InChI is InChI=1S/C26H33NO2/c1-17(28)29-20-10-12-25(2)19(15-20)6-7-21-23-9-8-22(18-5-4-14-27-16-18)26(23,3)13-11-24(21)25/h4-5,8,14-16,20-21,23-24H,6-7,9-13H2,1-3H3/t20-,21?,23?,24?,25-,26+/m0/s1/i4D,5D,6D,8D,9D2,14D,16D/t6?,20-,21?,23?,24?,25-,26+. The molecule has 2 fully saturated rings. The molecule has 4 aliphatic rings. The molecule has 3 nitrogen and oxygen atoms in total. The molecule has 1 heterocycles. The van der Waals surface area contributed by atoms with Crippen LogP contribution in [-0.2, 0) is 9.53 Å². The summed E-state index contributed by atoms with van der Waals surface area (Å²) in [5, 5.41) is 0. The number of esters is 1. The quantitative estimate of drug-likeness (QED) is 0.454. The number of ether oxygens (including phenoxy) is 1. The summed E-state index contributed by atoms with van der Waals surface area (Å²) in [6, 6.07) is -1.05. The molecule has 4 aliphatic carbocycles. The molecule has 5 rings (SSSR count). The van der Waals surface area contributed by atoms with Crippen LogP contribution in [0.4, 0.5) is 0 Å². The third-order valence-electron chi connectivity index (χ3n) is 7.97. The zero-order valence-corrected chi connectivity index (χ0v) is 17.3. The number of carbonyl (C=O) groups excluding carboxylic acids is 1. The molecule has 0 spiro atoms. The van der Waals surface area contributed by atoms with E-state index >= 15 is 0 Å². The van der Waals surface area contributed by atoms with Gasteiger partial charge in [0.15, 0.2) is 0 Å². The van der Waals surface area contributed by atoms with Crippen LogP contribution in [0.3, 0.4) is 0 Å². The molecular weight excluding hydrogens is 358 g/mol. The Bertz CT molecular complexity index is 1250.